The number of rotatable bonds is 6. The molecule has 0 bridgehead atoms. The van der Waals surface area contributed by atoms with E-state index in [0.717, 1.165) is 32.9 Å². The van der Waals surface area contributed by atoms with E-state index in [2.05, 4.69) is 134 Å². The fourth-order valence-electron chi connectivity index (χ4n) is 7.46. The van der Waals surface area contributed by atoms with Crippen LogP contribution in [0.15, 0.2) is 170 Å². The maximum atomic E-state index is 8.31. The Balaban J connectivity index is 1.40. The second kappa shape index (κ2) is 12.6. The molecule has 5 heteroatoms. The summed E-state index contributed by atoms with van der Waals surface area (Å²) in [5, 5.41) is 7.06. The van der Waals surface area contributed by atoms with Gasteiger partial charge >= 0.3 is 0 Å². The van der Waals surface area contributed by atoms with Crippen LogP contribution in [0.1, 0.15) is 0 Å². The van der Waals surface area contributed by atoms with Gasteiger partial charge in [0.2, 0.25) is 5.69 Å². The van der Waals surface area contributed by atoms with E-state index < -0.39 is 8.07 Å². The maximum Gasteiger partial charge on any atom is 0.218 e. The molecule has 0 radical (unpaired) electrons. The van der Waals surface area contributed by atoms with Gasteiger partial charge in [0.1, 0.15) is 0 Å². The minimum Gasteiger partial charge on any atom is -0.320 e. The molecule has 0 N–H and O–H groups in total. The Kier molecular flexibility index (Phi) is 7.63. The van der Waals surface area contributed by atoms with E-state index in [1.165, 1.54) is 20.7 Å². The van der Waals surface area contributed by atoms with E-state index in [1.54, 1.807) is 6.07 Å². The molecule has 1 aromatic heterocycles. The van der Waals surface area contributed by atoms with Crippen LogP contribution in [0, 0.1) is 19.7 Å². The zero-order chi connectivity index (χ0) is 34.1. The van der Waals surface area contributed by atoms with E-state index >= 15 is 0 Å². The second-order valence-electron chi connectivity index (χ2n) is 12.1. The summed E-state index contributed by atoms with van der Waals surface area (Å²) in [7, 11) is -2.72. The topological polar surface area (TPSA) is 18.0 Å². The van der Waals surface area contributed by atoms with Gasteiger partial charge in [0.25, 0.3) is 0 Å². The summed E-state index contributed by atoms with van der Waals surface area (Å²) in [6.45, 7) is 23.9. The fraction of sp³-hybridized carbons (Fsp3) is 0. The smallest absolute Gasteiger partial charge is 0.218 e. The zero-order valence-electron chi connectivity index (χ0n) is 27.0. The number of nitrogens with zero attached hydrogens (tertiary/aromatic N) is 4. The van der Waals surface area contributed by atoms with Crippen LogP contribution >= 0.6 is 0 Å². The van der Waals surface area contributed by atoms with Crippen LogP contribution in [0.25, 0.3) is 53.2 Å². The van der Waals surface area contributed by atoms with Gasteiger partial charge in [-0.3, -0.25) is 4.85 Å². The molecule has 232 valence electrons. The number of fused-ring (bicyclic) bond motifs is 3. The molecule has 8 aromatic rings. The van der Waals surface area contributed by atoms with E-state index in [9.17, 15) is 0 Å². The van der Waals surface area contributed by atoms with Gasteiger partial charge in [-0.2, -0.15) is 0 Å². The first-order chi connectivity index (χ1) is 24.7. The molecule has 0 unspecified atom stereocenters. The van der Waals surface area contributed by atoms with Crippen molar-refractivity contribution < 1.29 is 0 Å². The summed E-state index contributed by atoms with van der Waals surface area (Å²) in [5.74, 6) is 0. The highest BCUT2D eigenvalue weighted by molar-refractivity contribution is 7.19. The van der Waals surface area contributed by atoms with Crippen molar-refractivity contribution in [1.29, 1.82) is 0 Å². The fourth-order valence-corrected chi connectivity index (χ4v) is 12.2. The van der Waals surface area contributed by atoms with Gasteiger partial charge in [0, 0.05) is 11.1 Å². The minimum absolute atomic E-state index is 0.306. The monoisotopic (exact) mass is 652 g/mol. The summed E-state index contributed by atoms with van der Waals surface area (Å²) in [6, 6.07) is 58.8. The lowest BCUT2D eigenvalue weighted by Crippen LogP contribution is -2.74. The van der Waals surface area contributed by atoms with Crippen LogP contribution in [-0.4, -0.2) is 12.6 Å². The van der Waals surface area contributed by atoms with Gasteiger partial charge in [0.15, 0.2) is 19.4 Å². The third-order valence-electron chi connectivity index (χ3n) is 9.62. The molecule has 1 heterocycles. The van der Waals surface area contributed by atoms with Crippen LogP contribution in [-0.2, 0) is 0 Å². The maximum absolute atomic E-state index is 8.31. The highest BCUT2D eigenvalue weighted by atomic mass is 28.3. The largest absolute Gasteiger partial charge is 0.320 e. The van der Waals surface area contributed by atoms with E-state index in [1.807, 2.05) is 48.5 Å². The quantitative estimate of drug-likeness (QED) is 0.0968. The lowest BCUT2D eigenvalue weighted by atomic mass is 10.0. The van der Waals surface area contributed by atoms with Crippen molar-refractivity contribution in [2.45, 2.75) is 0 Å². The third kappa shape index (κ3) is 4.72. The zero-order valence-corrected chi connectivity index (χ0v) is 28.0. The van der Waals surface area contributed by atoms with Crippen molar-refractivity contribution in [3.8, 4) is 16.8 Å². The van der Waals surface area contributed by atoms with E-state index in [-0.39, 0.29) is 0 Å². The average molecular weight is 653 g/mol. The normalized spacial score (nSPS) is 11.1. The van der Waals surface area contributed by atoms with Crippen molar-refractivity contribution in [3.63, 3.8) is 0 Å². The summed E-state index contributed by atoms with van der Waals surface area (Å²) in [4.78, 5) is 11.4. The molecule has 4 nitrogen and oxygen atoms in total. The molecule has 0 saturated carbocycles. The Morgan fingerprint density at radius 3 is 1.54 bits per heavy atom. The van der Waals surface area contributed by atoms with Gasteiger partial charge in [0.05, 0.1) is 30.7 Å². The van der Waals surface area contributed by atoms with Gasteiger partial charge in [-0.25, -0.2) is 9.69 Å². The summed E-state index contributed by atoms with van der Waals surface area (Å²) >= 11 is 0. The number of hydrogen-bond donors (Lipinski definition) is 0. The van der Waals surface area contributed by atoms with Crippen LogP contribution in [0.4, 0.5) is 17.1 Å². The first-order valence-corrected chi connectivity index (χ1v) is 18.3. The first kappa shape index (κ1) is 30.4. The highest BCUT2D eigenvalue weighted by Crippen LogP contribution is 2.45. The Bertz CT molecular complexity index is 2560. The molecule has 0 saturated heterocycles. The average Bonchev–Trinajstić information content (AvgIpc) is 3.52. The SMILES string of the molecule is [C-]#[N+]c1ccc2c(c1)c1ccccc1n2-c1c(-c2ccc([Si](c3ccccc3)(c3ccccc3)c3ccccc3)cc2)ccc([N+]#[C-])c1[N+]#[C-]. The predicted molar refractivity (Wildman–Crippen MR) is 209 cm³/mol. The van der Waals surface area contributed by atoms with Crippen molar-refractivity contribution in [3.05, 3.63) is 204 Å². The van der Waals surface area contributed by atoms with Gasteiger partial charge in [-0.15, -0.1) is 0 Å². The van der Waals surface area contributed by atoms with Gasteiger partial charge < -0.3 is 4.57 Å². The van der Waals surface area contributed by atoms with E-state index in [0.29, 0.717) is 22.7 Å². The van der Waals surface area contributed by atoms with Gasteiger partial charge in [-0.05, 0) is 55.5 Å². The molecule has 0 atom stereocenters. The number of hydrogen-bond acceptors (Lipinski definition) is 0. The molecule has 0 spiro atoms. The Hall–Kier alpha value is -6.97. The number of aromatic nitrogens is 1. The molecular weight excluding hydrogens is 625 g/mol. The second-order valence-corrected chi connectivity index (χ2v) is 16.0. The lowest BCUT2D eigenvalue weighted by Gasteiger charge is -2.34. The van der Waals surface area contributed by atoms with Crippen LogP contribution in [0.3, 0.4) is 0 Å². The minimum atomic E-state index is -2.72. The first-order valence-electron chi connectivity index (χ1n) is 16.3. The Morgan fingerprint density at radius 2 is 0.980 bits per heavy atom. The standard InChI is InChI=1S/C45H28N4Si/c1-46-33-25-30-43-40(31-33)39-21-13-14-22-42(39)49(43)45-38(28-29-41(47-2)44(45)48-3)32-23-26-37(27-24-32)50(34-15-7-4-8-16-34,35-17-9-5-10-18-35)36-19-11-6-12-20-36/h4-31H. The van der Waals surface area contributed by atoms with Gasteiger partial charge in [-0.1, -0.05) is 152 Å². The molecule has 0 fully saturated rings. The van der Waals surface area contributed by atoms with Crippen molar-refractivity contribution >= 4 is 67.7 Å². The molecule has 50 heavy (non-hydrogen) atoms. The summed E-state index contributed by atoms with van der Waals surface area (Å²) in [6.07, 6.45) is 0. The van der Waals surface area contributed by atoms with Crippen LogP contribution in [0.2, 0.25) is 0 Å². The highest BCUT2D eigenvalue weighted by Gasteiger charge is 2.41. The predicted octanol–water partition coefficient (Wildman–Crippen LogP) is 9.48. The third-order valence-corrected chi connectivity index (χ3v) is 14.4. The van der Waals surface area contributed by atoms with Crippen LogP contribution in [0.5, 0.6) is 0 Å². The lowest BCUT2D eigenvalue weighted by molar-refractivity contribution is 1.19. The number of benzene rings is 7. The Labute approximate surface area is 292 Å². The Morgan fingerprint density at radius 1 is 0.440 bits per heavy atom. The number of para-hydroxylation sites is 1. The summed E-state index contributed by atoms with van der Waals surface area (Å²) in [5.41, 5.74) is 5.44. The molecule has 0 amide bonds. The van der Waals surface area contributed by atoms with Crippen LogP contribution < -0.4 is 20.7 Å². The molecule has 8 rings (SSSR count). The summed E-state index contributed by atoms with van der Waals surface area (Å²) < 4.78 is 2.10. The van der Waals surface area contributed by atoms with E-state index in [4.69, 9.17) is 19.7 Å². The molecule has 0 aliphatic heterocycles. The molecule has 0 aliphatic rings. The van der Waals surface area contributed by atoms with Crippen molar-refractivity contribution in [1.82, 2.24) is 4.57 Å². The molecular formula is C45H28N4Si. The molecule has 7 aromatic carbocycles. The molecule has 0 aliphatic carbocycles. The van der Waals surface area contributed by atoms with Crippen molar-refractivity contribution in [2.24, 2.45) is 0 Å². The van der Waals surface area contributed by atoms with Crippen molar-refractivity contribution in [2.75, 3.05) is 0 Å².